The van der Waals surface area contributed by atoms with Crippen molar-refractivity contribution >= 4 is 5.97 Å². The number of esters is 1. The predicted molar refractivity (Wildman–Crippen MR) is 361 cm³/mol. The summed E-state index contributed by atoms with van der Waals surface area (Å²) in [6, 6.07) is 86.9. The van der Waals surface area contributed by atoms with Crippen LogP contribution in [0.15, 0.2) is 273 Å². The minimum absolute atomic E-state index is 0.0129. The summed E-state index contributed by atoms with van der Waals surface area (Å²) in [6.45, 7) is 0.784. The van der Waals surface area contributed by atoms with Gasteiger partial charge in [0.15, 0.2) is 31.3 Å². The molecule has 17 heteroatoms. The van der Waals surface area contributed by atoms with Gasteiger partial charge in [-0.15, -0.1) is 0 Å². The number of aliphatic hydroxyl groups excluding tert-OH is 1. The van der Waals surface area contributed by atoms with E-state index in [0.717, 1.165) is 44.5 Å². The summed E-state index contributed by atoms with van der Waals surface area (Å²) in [6.07, 6.45) is -17.8. The van der Waals surface area contributed by atoms with Gasteiger partial charge in [0, 0.05) is 5.56 Å². The largest absolute Gasteiger partial charge is 0.450 e. The number of fused-ring (bicyclic) bond motifs is 1. The summed E-state index contributed by atoms with van der Waals surface area (Å²) in [7, 11) is 0. The molecule has 98 heavy (non-hydrogen) atoms. The van der Waals surface area contributed by atoms with Crippen molar-refractivity contribution in [2.24, 2.45) is 0 Å². The number of rotatable bonds is 30. The van der Waals surface area contributed by atoms with Gasteiger partial charge in [-0.25, -0.2) is 4.79 Å². The molecule has 4 aliphatic rings. The second-order valence-electron chi connectivity index (χ2n) is 24.6. The Morgan fingerprint density at radius 3 is 1.11 bits per heavy atom. The summed E-state index contributed by atoms with van der Waals surface area (Å²) in [5.74, 6) is -0.718. The van der Waals surface area contributed by atoms with E-state index in [4.69, 9.17) is 71.1 Å². The van der Waals surface area contributed by atoms with Gasteiger partial charge in [0.2, 0.25) is 0 Å². The molecule has 0 bridgehead atoms. The second-order valence-corrected chi connectivity index (χ2v) is 24.6. The van der Waals surface area contributed by atoms with E-state index in [0.29, 0.717) is 0 Å². The molecule has 0 saturated carbocycles. The molecule has 17 nitrogen and oxygen atoms in total. The molecule has 0 aromatic heterocycles. The zero-order valence-electron chi connectivity index (χ0n) is 54.3. The first-order chi connectivity index (χ1) is 48.4. The van der Waals surface area contributed by atoms with Crippen LogP contribution < -0.4 is 0 Å². The van der Waals surface area contributed by atoms with Crippen molar-refractivity contribution < 1.29 is 81.0 Å². The molecule has 4 fully saturated rings. The molecular weight excluding hydrogens is 1240 g/mol. The Morgan fingerprint density at radius 1 is 0.347 bits per heavy atom. The van der Waals surface area contributed by atoms with Crippen LogP contribution in [-0.2, 0) is 117 Å². The van der Waals surface area contributed by atoms with Crippen LogP contribution in [0.5, 0.6) is 0 Å². The van der Waals surface area contributed by atoms with Crippen molar-refractivity contribution in [2.45, 2.75) is 145 Å². The van der Waals surface area contributed by atoms with Gasteiger partial charge < -0.3 is 76.2 Å². The van der Waals surface area contributed by atoms with Crippen LogP contribution in [0, 0.1) is 0 Å². The zero-order valence-corrected chi connectivity index (χ0v) is 54.3. The fourth-order valence-corrected chi connectivity index (χ4v) is 12.6. The van der Waals surface area contributed by atoms with Gasteiger partial charge in [-0.1, -0.05) is 261 Å². The van der Waals surface area contributed by atoms with E-state index in [1.165, 1.54) is 0 Å². The molecule has 0 radical (unpaired) electrons. The van der Waals surface area contributed by atoms with E-state index in [1.807, 2.05) is 243 Å². The molecule has 4 aliphatic heterocycles. The van der Waals surface area contributed by atoms with Crippen molar-refractivity contribution in [3.05, 3.63) is 323 Å². The third-order valence-corrected chi connectivity index (χ3v) is 17.6. The first kappa shape index (κ1) is 68.4. The zero-order chi connectivity index (χ0) is 66.5. The smallest absolute Gasteiger partial charge is 0.338 e. The van der Waals surface area contributed by atoms with Crippen molar-refractivity contribution in [1.82, 2.24) is 0 Å². The van der Waals surface area contributed by atoms with Gasteiger partial charge >= 0.3 is 5.97 Å². The Balaban J connectivity index is 0.917. The first-order valence-electron chi connectivity index (χ1n) is 33.5. The van der Waals surface area contributed by atoms with Crippen LogP contribution in [0.1, 0.15) is 61.2 Å². The molecule has 0 amide bonds. The van der Waals surface area contributed by atoms with Gasteiger partial charge in [0.25, 0.3) is 0 Å². The molecule has 0 aliphatic carbocycles. The quantitative estimate of drug-likeness (QED) is 0.0420. The third-order valence-electron chi connectivity index (χ3n) is 17.6. The van der Waals surface area contributed by atoms with Gasteiger partial charge in [-0.2, -0.15) is 0 Å². The second kappa shape index (κ2) is 35.1. The van der Waals surface area contributed by atoms with Crippen molar-refractivity contribution in [3.63, 3.8) is 0 Å². The maximum absolute atomic E-state index is 14.3. The highest BCUT2D eigenvalue weighted by molar-refractivity contribution is 5.89. The molecule has 0 unspecified atom stereocenters. The summed E-state index contributed by atoms with van der Waals surface area (Å²) < 4.78 is 106. The fourth-order valence-electron chi connectivity index (χ4n) is 12.6. The highest BCUT2D eigenvalue weighted by Crippen LogP contribution is 2.42. The lowest BCUT2D eigenvalue weighted by atomic mass is 9.94. The lowest BCUT2D eigenvalue weighted by Gasteiger charge is -2.52. The van der Waals surface area contributed by atoms with Gasteiger partial charge in [0.05, 0.1) is 71.6 Å². The molecule has 13 rings (SSSR count). The summed E-state index contributed by atoms with van der Waals surface area (Å²) in [5.41, 5.74) is 7.25. The average Bonchev–Trinajstić information content (AvgIpc) is 0.762. The average molecular weight is 1330 g/mol. The van der Waals surface area contributed by atoms with Gasteiger partial charge in [0.1, 0.15) is 67.1 Å². The van der Waals surface area contributed by atoms with Crippen LogP contribution >= 0.6 is 0 Å². The molecular formula is C81H82O17. The minimum Gasteiger partial charge on any atom is -0.450 e. The number of carbonyl (C=O) groups excluding carboxylic acids is 1. The molecule has 9 aromatic carbocycles. The number of hydrogen-bond acceptors (Lipinski definition) is 17. The summed E-state index contributed by atoms with van der Waals surface area (Å²) >= 11 is 0. The minimum atomic E-state index is -1.72. The van der Waals surface area contributed by atoms with E-state index in [2.05, 4.69) is 0 Å². The van der Waals surface area contributed by atoms with E-state index in [9.17, 15) is 9.90 Å². The number of ether oxygens (including phenoxy) is 15. The van der Waals surface area contributed by atoms with Crippen LogP contribution in [0.3, 0.4) is 0 Å². The van der Waals surface area contributed by atoms with Crippen LogP contribution in [0.2, 0.25) is 0 Å². The number of benzene rings is 9. The fraction of sp³-hybridized carbons (Fsp3) is 0.321. The maximum Gasteiger partial charge on any atom is 0.338 e. The lowest BCUT2D eigenvalue weighted by Crippen LogP contribution is -2.68. The Labute approximate surface area is 571 Å². The van der Waals surface area contributed by atoms with Crippen LogP contribution in [-0.4, -0.2) is 123 Å². The molecule has 508 valence electrons. The normalized spacial score (nSPS) is 26.9. The van der Waals surface area contributed by atoms with Crippen LogP contribution in [0.4, 0.5) is 0 Å². The Hall–Kier alpha value is -8.15. The predicted octanol–water partition coefficient (Wildman–Crippen LogP) is 12.6. The topological polar surface area (TPSA) is 176 Å². The third kappa shape index (κ3) is 18.4. The van der Waals surface area contributed by atoms with E-state index in [1.54, 1.807) is 30.3 Å². The Morgan fingerprint density at radius 2 is 0.684 bits per heavy atom. The van der Waals surface area contributed by atoms with Crippen molar-refractivity contribution in [3.8, 4) is 0 Å². The molecule has 16 atom stereocenters. The number of aliphatic hydroxyl groups is 1. The molecule has 1 N–H and O–H groups in total. The van der Waals surface area contributed by atoms with Crippen LogP contribution in [0.25, 0.3) is 0 Å². The van der Waals surface area contributed by atoms with E-state index in [-0.39, 0.29) is 71.6 Å². The van der Waals surface area contributed by atoms with Gasteiger partial charge in [-0.05, 0) is 51.1 Å². The monoisotopic (exact) mass is 1330 g/mol. The Bertz CT molecular complexity index is 3740. The Kier molecular flexibility index (Phi) is 24.5. The molecule has 0 spiro atoms. The number of hydrogen-bond donors (Lipinski definition) is 1. The maximum atomic E-state index is 14.3. The highest BCUT2D eigenvalue weighted by Gasteiger charge is 2.58. The SMILES string of the molecule is O=C(O[C@@H]1[C@@H](OCc2ccccc2)[C@H](O[C@@H]2O[C@H](COCc3ccccc3)[C@@H](O[C@@H]3O[C@@H]4CO[C@@H](c5ccccc5)O[C@H]4[C@H](OCc4ccccc4)[C@@H]3OCc3ccccc3)[C@H](OCc3ccccc3)[C@@H]2OCc2ccccc2)[C@@H](COCc2ccccc2)O[C@H]1O)c1ccccc1. The number of carbonyl (C=O) groups is 1. The molecule has 4 heterocycles. The van der Waals surface area contributed by atoms with Crippen molar-refractivity contribution in [2.75, 3.05) is 19.8 Å². The molecule has 4 saturated heterocycles. The molecule has 9 aromatic rings. The standard InChI is InChI=1S/C81H82O17/c82-77(63-42-24-8-25-43-63)95-74-71(86-48-58-32-14-3-15-33-58)68(65(92-78(74)83)53-84-46-56-28-10-1-11-29-56)97-80-75(89-51-61-38-20-6-21-39-61)72(87-49-59-34-16-4-17-35-59)69(66(93-80)54-85-47-57-30-12-2-13-31-57)98-81-76(90-52-62-40-22-7-23-41-62)73(88-50-60-36-18-5-19-37-60)70-67(94-81)55-91-79(96-70)64-44-26-9-27-45-64/h1-45,65-76,78-81,83H,46-55H2/t65-,66-,67-,68-,69-,70-,71+,72+,73+,74-,75+,76+,78-,79-,80+,81+/m1/s1. The summed E-state index contributed by atoms with van der Waals surface area (Å²) in [5, 5.41) is 12.3. The van der Waals surface area contributed by atoms with Gasteiger partial charge in [-0.3, -0.25) is 0 Å². The lowest BCUT2D eigenvalue weighted by molar-refractivity contribution is -0.404. The van der Waals surface area contributed by atoms with E-state index < -0.39 is 104 Å². The highest BCUT2D eigenvalue weighted by atomic mass is 16.8. The first-order valence-corrected chi connectivity index (χ1v) is 33.5. The summed E-state index contributed by atoms with van der Waals surface area (Å²) in [4.78, 5) is 14.3. The van der Waals surface area contributed by atoms with Crippen molar-refractivity contribution in [1.29, 1.82) is 0 Å². The van der Waals surface area contributed by atoms with E-state index >= 15 is 0 Å².